The number of methoxy groups -OCH3 is 1. The van der Waals surface area contributed by atoms with Crippen LogP contribution in [0.1, 0.15) is 0 Å². The van der Waals surface area contributed by atoms with E-state index >= 15 is 0 Å². The summed E-state index contributed by atoms with van der Waals surface area (Å²) in [7, 11) is 1.65. The van der Waals surface area contributed by atoms with Crippen LogP contribution in [0.2, 0.25) is 0 Å². The van der Waals surface area contributed by atoms with E-state index in [4.69, 9.17) is 4.74 Å². The van der Waals surface area contributed by atoms with Gasteiger partial charge in [0.1, 0.15) is 17.1 Å². The van der Waals surface area contributed by atoms with Crippen molar-refractivity contribution < 1.29 is 4.74 Å². The average Bonchev–Trinajstić information content (AvgIpc) is 2.75. The van der Waals surface area contributed by atoms with Gasteiger partial charge in [-0.25, -0.2) is 0 Å². The molecule has 0 radical (unpaired) electrons. The van der Waals surface area contributed by atoms with Crippen LogP contribution in [-0.4, -0.2) is 27.3 Å². The molecule has 3 heterocycles. The Labute approximate surface area is 151 Å². The number of rotatable bonds is 4. The fraction of sp³-hybridized carbons (Fsp3) is 0.0476. The normalized spacial score (nSPS) is 10.5. The first kappa shape index (κ1) is 15.9. The highest BCUT2D eigenvalue weighted by molar-refractivity contribution is 5.81. The molecule has 0 amide bonds. The molecule has 0 unspecified atom stereocenters. The number of aromatic nitrogens is 4. The zero-order valence-electron chi connectivity index (χ0n) is 14.2. The van der Waals surface area contributed by atoms with Crippen molar-refractivity contribution in [2.24, 2.45) is 0 Å². The third-order valence-corrected chi connectivity index (χ3v) is 4.03. The lowest BCUT2D eigenvalue weighted by Crippen LogP contribution is -1.97. The van der Waals surface area contributed by atoms with Crippen LogP contribution in [0, 0.1) is 0 Å². The first-order valence-corrected chi connectivity index (χ1v) is 8.20. The molecule has 0 atom stereocenters. The third kappa shape index (κ3) is 3.15. The van der Waals surface area contributed by atoms with Crippen LogP contribution in [0.4, 0.5) is 0 Å². The minimum Gasteiger partial charge on any atom is -0.497 e. The maximum atomic E-state index is 5.26. The van der Waals surface area contributed by atoms with Crippen LogP contribution in [-0.2, 0) is 0 Å². The highest BCUT2D eigenvalue weighted by Gasteiger charge is 2.14. The minimum atomic E-state index is 0.719. The Balaban J connectivity index is 1.89. The van der Waals surface area contributed by atoms with Gasteiger partial charge < -0.3 is 4.74 Å². The summed E-state index contributed by atoms with van der Waals surface area (Å²) in [5, 5.41) is 8.83. The Kier molecular flexibility index (Phi) is 4.35. The Hall–Kier alpha value is -3.60. The Morgan fingerprint density at radius 3 is 2.00 bits per heavy atom. The summed E-state index contributed by atoms with van der Waals surface area (Å²) in [5.74, 6) is 0.806. The van der Waals surface area contributed by atoms with Crippen LogP contribution >= 0.6 is 0 Å². The van der Waals surface area contributed by atoms with E-state index in [-0.39, 0.29) is 0 Å². The van der Waals surface area contributed by atoms with Gasteiger partial charge in [-0.3, -0.25) is 9.97 Å². The maximum absolute atomic E-state index is 5.26. The fourth-order valence-corrected chi connectivity index (χ4v) is 2.71. The molecule has 0 saturated carbocycles. The molecule has 4 rings (SSSR count). The van der Waals surface area contributed by atoms with E-state index in [0.29, 0.717) is 0 Å². The standard InChI is InChI=1S/C21H16N4O/c1-26-16-10-8-15(9-11-16)17-14-20(18-6-2-4-12-22-18)24-25-21(17)19-7-3-5-13-23-19/h2-14H,1H3. The van der Waals surface area contributed by atoms with Crippen LogP contribution in [0.5, 0.6) is 5.75 Å². The van der Waals surface area contributed by atoms with Crippen molar-refractivity contribution >= 4 is 0 Å². The quantitative estimate of drug-likeness (QED) is 0.555. The molecule has 0 saturated heterocycles. The van der Waals surface area contributed by atoms with Crippen molar-refractivity contribution in [2.45, 2.75) is 0 Å². The van der Waals surface area contributed by atoms with Gasteiger partial charge in [-0.2, -0.15) is 0 Å². The van der Waals surface area contributed by atoms with Crippen LogP contribution in [0.15, 0.2) is 79.1 Å². The monoisotopic (exact) mass is 340 g/mol. The molecule has 5 nitrogen and oxygen atoms in total. The number of pyridine rings is 2. The molecular weight excluding hydrogens is 324 g/mol. The first-order valence-electron chi connectivity index (χ1n) is 8.20. The van der Waals surface area contributed by atoms with Crippen molar-refractivity contribution in [3.8, 4) is 39.7 Å². The van der Waals surface area contributed by atoms with Gasteiger partial charge in [0, 0.05) is 18.0 Å². The van der Waals surface area contributed by atoms with Gasteiger partial charge in [0.05, 0.1) is 18.5 Å². The first-order chi connectivity index (χ1) is 12.8. The van der Waals surface area contributed by atoms with E-state index in [2.05, 4.69) is 20.2 Å². The minimum absolute atomic E-state index is 0.719. The molecular formula is C21H16N4O. The predicted molar refractivity (Wildman–Crippen MR) is 100 cm³/mol. The summed E-state index contributed by atoms with van der Waals surface area (Å²) in [6.07, 6.45) is 3.50. The van der Waals surface area contributed by atoms with E-state index in [1.54, 1.807) is 19.5 Å². The van der Waals surface area contributed by atoms with E-state index < -0.39 is 0 Å². The number of ether oxygens (including phenoxy) is 1. The zero-order chi connectivity index (χ0) is 17.8. The predicted octanol–water partition coefficient (Wildman–Crippen LogP) is 4.28. The highest BCUT2D eigenvalue weighted by Crippen LogP contribution is 2.32. The molecule has 1 aromatic carbocycles. The molecule has 26 heavy (non-hydrogen) atoms. The molecule has 0 fully saturated rings. The van der Waals surface area contributed by atoms with Crippen molar-refractivity contribution in [3.63, 3.8) is 0 Å². The summed E-state index contributed by atoms with van der Waals surface area (Å²) >= 11 is 0. The summed E-state index contributed by atoms with van der Waals surface area (Å²) in [5.41, 5.74) is 4.97. The van der Waals surface area contributed by atoms with Crippen molar-refractivity contribution in [3.05, 3.63) is 79.1 Å². The van der Waals surface area contributed by atoms with Gasteiger partial charge in [-0.15, -0.1) is 10.2 Å². The molecule has 0 spiro atoms. The van der Waals surface area contributed by atoms with Gasteiger partial charge in [-0.1, -0.05) is 24.3 Å². The Bertz CT molecular complexity index is 1000. The lowest BCUT2D eigenvalue weighted by atomic mass is 10.0. The summed E-state index contributed by atoms with van der Waals surface area (Å²) in [4.78, 5) is 8.80. The third-order valence-electron chi connectivity index (χ3n) is 4.03. The van der Waals surface area contributed by atoms with Gasteiger partial charge in [0.2, 0.25) is 0 Å². The maximum Gasteiger partial charge on any atom is 0.119 e. The van der Waals surface area contributed by atoms with E-state index in [9.17, 15) is 0 Å². The Morgan fingerprint density at radius 2 is 1.38 bits per heavy atom. The lowest BCUT2D eigenvalue weighted by molar-refractivity contribution is 0.415. The molecule has 0 bridgehead atoms. The molecule has 3 aromatic heterocycles. The number of hydrogen-bond donors (Lipinski definition) is 0. The SMILES string of the molecule is COc1ccc(-c2cc(-c3ccccn3)nnc2-c2ccccn2)cc1. The van der Waals surface area contributed by atoms with Crippen molar-refractivity contribution in [1.29, 1.82) is 0 Å². The molecule has 4 aromatic rings. The number of benzene rings is 1. The fourth-order valence-electron chi connectivity index (χ4n) is 2.71. The van der Waals surface area contributed by atoms with Gasteiger partial charge in [0.25, 0.3) is 0 Å². The second-order valence-electron chi connectivity index (χ2n) is 5.65. The summed E-state index contributed by atoms with van der Waals surface area (Å²) < 4.78 is 5.26. The van der Waals surface area contributed by atoms with Gasteiger partial charge >= 0.3 is 0 Å². The summed E-state index contributed by atoms with van der Waals surface area (Å²) in [6, 6.07) is 21.3. The van der Waals surface area contributed by atoms with Gasteiger partial charge in [-0.05, 0) is 48.0 Å². The molecule has 0 aliphatic carbocycles. The van der Waals surface area contributed by atoms with Crippen molar-refractivity contribution in [1.82, 2.24) is 20.2 Å². The highest BCUT2D eigenvalue weighted by atomic mass is 16.5. The van der Waals surface area contributed by atoms with Crippen molar-refractivity contribution in [2.75, 3.05) is 7.11 Å². The van der Waals surface area contributed by atoms with E-state index in [0.717, 1.165) is 39.7 Å². The largest absolute Gasteiger partial charge is 0.497 e. The summed E-state index contributed by atoms with van der Waals surface area (Å²) in [6.45, 7) is 0. The van der Waals surface area contributed by atoms with E-state index in [1.165, 1.54) is 0 Å². The van der Waals surface area contributed by atoms with Gasteiger partial charge in [0.15, 0.2) is 0 Å². The Morgan fingerprint density at radius 1 is 0.692 bits per heavy atom. The van der Waals surface area contributed by atoms with Crippen LogP contribution in [0.25, 0.3) is 33.9 Å². The molecule has 0 aliphatic heterocycles. The van der Waals surface area contributed by atoms with Crippen LogP contribution in [0.3, 0.4) is 0 Å². The van der Waals surface area contributed by atoms with E-state index in [1.807, 2.05) is 66.7 Å². The average molecular weight is 340 g/mol. The molecule has 0 N–H and O–H groups in total. The number of nitrogens with zero attached hydrogens (tertiary/aromatic N) is 4. The topological polar surface area (TPSA) is 60.8 Å². The molecule has 0 aliphatic rings. The lowest BCUT2D eigenvalue weighted by Gasteiger charge is -2.10. The second kappa shape index (κ2) is 7.11. The number of hydrogen-bond acceptors (Lipinski definition) is 5. The zero-order valence-corrected chi connectivity index (χ0v) is 14.2. The second-order valence-corrected chi connectivity index (χ2v) is 5.65. The molecule has 126 valence electrons. The smallest absolute Gasteiger partial charge is 0.119 e. The van der Waals surface area contributed by atoms with Crippen LogP contribution < -0.4 is 4.74 Å². The molecule has 5 heteroatoms.